The maximum absolute atomic E-state index is 11.6. The molecule has 2 heteroatoms. The van der Waals surface area contributed by atoms with Crippen LogP contribution < -0.4 is 4.74 Å². The number of rotatable bonds is 0. The van der Waals surface area contributed by atoms with Crippen molar-refractivity contribution in [1.82, 2.24) is 0 Å². The van der Waals surface area contributed by atoms with Gasteiger partial charge < -0.3 is 4.74 Å². The van der Waals surface area contributed by atoms with Crippen molar-refractivity contribution in [3.05, 3.63) is 28.8 Å². The highest BCUT2D eigenvalue weighted by molar-refractivity contribution is 6.01. The van der Waals surface area contributed by atoms with Crippen molar-refractivity contribution < 1.29 is 9.53 Å². The zero-order chi connectivity index (χ0) is 9.42. The fourth-order valence-corrected chi connectivity index (χ4v) is 1.64. The van der Waals surface area contributed by atoms with Gasteiger partial charge in [-0.1, -0.05) is 6.07 Å². The molecule has 0 N–H and O–H groups in total. The summed E-state index contributed by atoms with van der Waals surface area (Å²) < 4.78 is 5.41. The molecule has 0 bridgehead atoms. The van der Waals surface area contributed by atoms with Crippen molar-refractivity contribution in [2.75, 3.05) is 6.61 Å². The third-order valence-corrected chi connectivity index (χ3v) is 2.56. The summed E-state index contributed by atoms with van der Waals surface area (Å²) in [5.74, 6) is 0.960. The number of carbonyl (C=O) groups excluding carboxylic acids is 1. The number of aryl methyl sites for hydroxylation is 1. The Bertz CT molecular complexity index is 367. The predicted molar refractivity (Wildman–Crippen MR) is 50.4 cm³/mol. The molecular formula is C11H12O2. The molecule has 0 aromatic heterocycles. The normalized spacial score (nSPS) is 15.1. The van der Waals surface area contributed by atoms with E-state index in [0.717, 1.165) is 22.4 Å². The number of Topliss-reactive ketones (excluding diaryl/α,β-unsaturated/α-hetero) is 1. The van der Waals surface area contributed by atoms with Gasteiger partial charge in [-0.15, -0.1) is 0 Å². The minimum Gasteiger partial charge on any atom is -0.492 e. The van der Waals surface area contributed by atoms with Gasteiger partial charge in [0.25, 0.3) is 0 Å². The largest absolute Gasteiger partial charge is 0.492 e. The van der Waals surface area contributed by atoms with Crippen LogP contribution in [0.25, 0.3) is 0 Å². The molecule has 0 radical (unpaired) electrons. The van der Waals surface area contributed by atoms with E-state index in [1.54, 1.807) is 0 Å². The number of hydrogen-bond donors (Lipinski definition) is 0. The highest BCUT2D eigenvalue weighted by Gasteiger charge is 2.20. The lowest BCUT2D eigenvalue weighted by atomic mass is 9.96. The second kappa shape index (κ2) is 2.87. The van der Waals surface area contributed by atoms with Gasteiger partial charge in [0.05, 0.1) is 12.2 Å². The summed E-state index contributed by atoms with van der Waals surface area (Å²) in [6.45, 7) is 4.51. The van der Waals surface area contributed by atoms with Gasteiger partial charge in [-0.3, -0.25) is 4.79 Å². The Morgan fingerprint density at radius 3 is 2.85 bits per heavy atom. The second-order valence-electron chi connectivity index (χ2n) is 3.40. The minimum atomic E-state index is 0.211. The third-order valence-electron chi connectivity index (χ3n) is 2.56. The molecule has 1 aliphatic rings. The summed E-state index contributed by atoms with van der Waals surface area (Å²) >= 11 is 0. The van der Waals surface area contributed by atoms with Gasteiger partial charge in [0.15, 0.2) is 5.78 Å². The van der Waals surface area contributed by atoms with Crippen molar-refractivity contribution in [2.24, 2.45) is 0 Å². The van der Waals surface area contributed by atoms with Gasteiger partial charge in [0.2, 0.25) is 0 Å². The first-order chi connectivity index (χ1) is 6.20. The molecule has 0 unspecified atom stereocenters. The molecule has 1 aromatic rings. The molecule has 0 saturated heterocycles. The lowest BCUT2D eigenvalue weighted by Gasteiger charge is -2.18. The molecule has 1 aliphatic heterocycles. The van der Waals surface area contributed by atoms with Gasteiger partial charge >= 0.3 is 0 Å². The van der Waals surface area contributed by atoms with E-state index in [1.807, 2.05) is 26.0 Å². The summed E-state index contributed by atoms with van der Waals surface area (Å²) in [7, 11) is 0. The quantitative estimate of drug-likeness (QED) is 0.606. The SMILES string of the molecule is Cc1ccc2c(c1C)C(=O)CCO2. The van der Waals surface area contributed by atoms with Crippen molar-refractivity contribution in [2.45, 2.75) is 20.3 Å². The van der Waals surface area contributed by atoms with Gasteiger partial charge in [-0.25, -0.2) is 0 Å². The first-order valence-electron chi connectivity index (χ1n) is 4.46. The number of benzene rings is 1. The average molecular weight is 176 g/mol. The molecule has 2 nitrogen and oxygen atoms in total. The van der Waals surface area contributed by atoms with E-state index in [1.165, 1.54) is 0 Å². The van der Waals surface area contributed by atoms with E-state index in [-0.39, 0.29) is 5.78 Å². The minimum absolute atomic E-state index is 0.211. The van der Waals surface area contributed by atoms with Crippen molar-refractivity contribution in [3.8, 4) is 5.75 Å². The zero-order valence-electron chi connectivity index (χ0n) is 7.89. The topological polar surface area (TPSA) is 26.3 Å². The average Bonchev–Trinajstić information content (AvgIpc) is 2.12. The van der Waals surface area contributed by atoms with E-state index in [2.05, 4.69) is 0 Å². The Balaban J connectivity index is 2.65. The summed E-state index contributed by atoms with van der Waals surface area (Å²) in [6.07, 6.45) is 0.511. The molecule has 1 heterocycles. The standard InChI is InChI=1S/C11H12O2/c1-7-3-4-10-11(8(7)2)9(12)5-6-13-10/h3-4H,5-6H2,1-2H3. The molecule has 0 saturated carbocycles. The second-order valence-corrected chi connectivity index (χ2v) is 3.40. The number of ketones is 1. The fourth-order valence-electron chi connectivity index (χ4n) is 1.64. The first kappa shape index (κ1) is 8.30. The van der Waals surface area contributed by atoms with Crippen molar-refractivity contribution >= 4 is 5.78 Å². The maximum atomic E-state index is 11.6. The highest BCUT2D eigenvalue weighted by Crippen LogP contribution is 2.29. The molecule has 0 amide bonds. The maximum Gasteiger partial charge on any atom is 0.170 e. The fraction of sp³-hybridized carbons (Fsp3) is 0.364. The Kier molecular flexibility index (Phi) is 1.83. The van der Waals surface area contributed by atoms with Crippen LogP contribution in [0.3, 0.4) is 0 Å². The summed E-state index contributed by atoms with van der Waals surface area (Å²) in [5.41, 5.74) is 2.99. The molecule has 13 heavy (non-hydrogen) atoms. The molecule has 0 spiro atoms. The van der Waals surface area contributed by atoms with Crippen LogP contribution in [0.4, 0.5) is 0 Å². The lowest BCUT2D eigenvalue weighted by Crippen LogP contribution is -2.16. The zero-order valence-corrected chi connectivity index (χ0v) is 7.89. The molecule has 0 aliphatic carbocycles. The van der Waals surface area contributed by atoms with Crippen molar-refractivity contribution in [1.29, 1.82) is 0 Å². The van der Waals surface area contributed by atoms with E-state index in [4.69, 9.17) is 4.74 Å². The van der Waals surface area contributed by atoms with E-state index in [9.17, 15) is 4.79 Å². The number of hydrogen-bond acceptors (Lipinski definition) is 2. The van der Waals surface area contributed by atoms with Gasteiger partial charge in [-0.05, 0) is 31.0 Å². The van der Waals surface area contributed by atoms with Crippen LogP contribution in [0.5, 0.6) is 5.75 Å². The van der Waals surface area contributed by atoms with E-state index < -0.39 is 0 Å². The Labute approximate surface area is 77.5 Å². The molecule has 68 valence electrons. The highest BCUT2D eigenvalue weighted by atomic mass is 16.5. The smallest absolute Gasteiger partial charge is 0.170 e. The number of fused-ring (bicyclic) bond motifs is 1. The van der Waals surface area contributed by atoms with E-state index >= 15 is 0 Å². The summed E-state index contributed by atoms with van der Waals surface area (Å²) in [6, 6.07) is 3.88. The van der Waals surface area contributed by atoms with E-state index in [0.29, 0.717) is 13.0 Å². The molecular weight excluding hydrogens is 164 g/mol. The lowest BCUT2D eigenvalue weighted by molar-refractivity contribution is 0.0932. The van der Waals surface area contributed by atoms with Crippen LogP contribution in [0.1, 0.15) is 27.9 Å². The predicted octanol–water partition coefficient (Wildman–Crippen LogP) is 2.27. The van der Waals surface area contributed by atoms with Crippen LogP contribution in [0, 0.1) is 13.8 Å². The van der Waals surface area contributed by atoms with Gasteiger partial charge in [0, 0.05) is 6.42 Å². The molecule has 1 aromatic carbocycles. The van der Waals surface area contributed by atoms with Crippen LogP contribution >= 0.6 is 0 Å². The number of carbonyl (C=O) groups is 1. The van der Waals surface area contributed by atoms with Crippen molar-refractivity contribution in [3.63, 3.8) is 0 Å². The Morgan fingerprint density at radius 1 is 1.31 bits per heavy atom. The monoisotopic (exact) mass is 176 g/mol. The van der Waals surface area contributed by atoms with Crippen LogP contribution in [-0.2, 0) is 0 Å². The molecule has 0 atom stereocenters. The number of ether oxygens (including phenoxy) is 1. The Hall–Kier alpha value is -1.31. The molecule has 2 rings (SSSR count). The van der Waals surface area contributed by atoms with Crippen LogP contribution in [0.15, 0.2) is 12.1 Å². The first-order valence-corrected chi connectivity index (χ1v) is 4.46. The van der Waals surface area contributed by atoms with Gasteiger partial charge in [-0.2, -0.15) is 0 Å². The summed E-state index contributed by atoms with van der Waals surface area (Å²) in [5, 5.41) is 0. The molecule has 0 fully saturated rings. The van der Waals surface area contributed by atoms with Crippen LogP contribution in [-0.4, -0.2) is 12.4 Å². The summed E-state index contributed by atoms with van der Waals surface area (Å²) in [4.78, 5) is 11.6. The third kappa shape index (κ3) is 1.22. The van der Waals surface area contributed by atoms with Crippen LogP contribution in [0.2, 0.25) is 0 Å². The Morgan fingerprint density at radius 2 is 2.08 bits per heavy atom. The van der Waals surface area contributed by atoms with Gasteiger partial charge in [0.1, 0.15) is 5.75 Å².